The molecule has 0 heterocycles. The van der Waals surface area contributed by atoms with Gasteiger partial charge in [-0.15, -0.1) is 13.2 Å². The molecule has 4 N–H and O–H groups in total. The van der Waals surface area contributed by atoms with Crippen molar-refractivity contribution in [3.8, 4) is 0 Å². The second-order valence-corrected chi connectivity index (χ2v) is 2.26. The molecule has 0 aromatic rings. The van der Waals surface area contributed by atoms with Crippen molar-refractivity contribution in [2.45, 2.75) is 25.7 Å². The summed E-state index contributed by atoms with van der Waals surface area (Å²) in [5, 5.41) is 0. The molecule has 0 aromatic carbocycles. The molecular weight excluding hydrogens is 152 g/mol. The highest BCUT2D eigenvalue weighted by Crippen LogP contribution is 1.99. The lowest BCUT2D eigenvalue weighted by atomic mass is 10.2. The molecule has 0 saturated heterocycles. The van der Waals surface area contributed by atoms with E-state index in [1.807, 2.05) is 12.2 Å². The maximum absolute atomic E-state index is 9.00. The molecule has 12 heavy (non-hydrogen) atoms. The van der Waals surface area contributed by atoms with E-state index in [9.17, 15) is 0 Å². The molecule has 3 heteroatoms. The molecule has 0 radical (unpaired) electrons. The van der Waals surface area contributed by atoms with Crippen LogP contribution < -0.4 is 11.5 Å². The van der Waals surface area contributed by atoms with Crippen LogP contribution >= 0.6 is 0 Å². The minimum absolute atomic E-state index is 0.833. The predicted molar refractivity (Wildman–Crippen MR) is 52.6 cm³/mol. The van der Waals surface area contributed by atoms with Crippen molar-refractivity contribution in [2.24, 2.45) is 11.5 Å². The fourth-order valence-electron chi connectivity index (χ4n) is 0.577. The number of hydrogen-bond donors (Lipinski definition) is 2. The standard InChI is InChI=1S/C8H14.CH4N2O/c1-3-5-7-8-6-4-2;2-1(3)4/h3-4H,1-2,5-8H2;(H4,2,3,4). The number of urea groups is 1. The van der Waals surface area contributed by atoms with Gasteiger partial charge >= 0.3 is 6.03 Å². The third-order valence-electron chi connectivity index (χ3n) is 1.07. The number of hydrogen-bond acceptors (Lipinski definition) is 1. The van der Waals surface area contributed by atoms with Crippen LogP contribution in [0.5, 0.6) is 0 Å². The van der Waals surface area contributed by atoms with Crippen LogP contribution in [0.4, 0.5) is 4.79 Å². The highest BCUT2D eigenvalue weighted by Gasteiger charge is 1.79. The van der Waals surface area contributed by atoms with Crippen molar-refractivity contribution in [1.82, 2.24) is 0 Å². The van der Waals surface area contributed by atoms with Gasteiger partial charge in [-0.2, -0.15) is 0 Å². The van der Waals surface area contributed by atoms with Gasteiger partial charge in [0, 0.05) is 0 Å². The zero-order valence-electron chi connectivity index (χ0n) is 7.46. The molecule has 0 aliphatic carbocycles. The monoisotopic (exact) mass is 170 g/mol. The lowest BCUT2D eigenvalue weighted by Crippen LogP contribution is -2.18. The van der Waals surface area contributed by atoms with Crippen LogP contribution in [-0.4, -0.2) is 6.03 Å². The first-order valence-electron chi connectivity index (χ1n) is 3.91. The van der Waals surface area contributed by atoms with E-state index in [-0.39, 0.29) is 0 Å². The van der Waals surface area contributed by atoms with Gasteiger partial charge in [-0.1, -0.05) is 12.2 Å². The second-order valence-electron chi connectivity index (χ2n) is 2.26. The highest BCUT2D eigenvalue weighted by molar-refractivity contribution is 5.69. The van der Waals surface area contributed by atoms with E-state index in [1.54, 1.807) is 0 Å². The van der Waals surface area contributed by atoms with Crippen molar-refractivity contribution in [3.63, 3.8) is 0 Å². The lowest BCUT2D eigenvalue weighted by molar-refractivity contribution is 0.256. The largest absolute Gasteiger partial charge is 0.352 e. The maximum Gasteiger partial charge on any atom is 0.309 e. The SMILES string of the molecule is C=CCCCCC=C.NC(N)=O. The van der Waals surface area contributed by atoms with Gasteiger partial charge < -0.3 is 11.5 Å². The molecule has 70 valence electrons. The zero-order chi connectivity index (χ0) is 9.82. The molecule has 0 aromatic heterocycles. The van der Waals surface area contributed by atoms with Gasteiger partial charge in [0.2, 0.25) is 0 Å². The van der Waals surface area contributed by atoms with Crippen LogP contribution in [0.15, 0.2) is 25.3 Å². The Labute approximate surface area is 74.1 Å². The smallest absolute Gasteiger partial charge is 0.309 e. The van der Waals surface area contributed by atoms with E-state index < -0.39 is 6.03 Å². The number of allylic oxidation sites excluding steroid dienone is 2. The van der Waals surface area contributed by atoms with Gasteiger partial charge in [-0.05, 0) is 25.7 Å². The number of carbonyl (C=O) groups excluding carboxylic acids is 1. The molecule has 0 fully saturated rings. The van der Waals surface area contributed by atoms with Gasteiger partial charge in [0.25, 0.3) is 0 Å². The summed E-state index contributed by atoms with van der Waals surface area (Å²) in [5.41, 5.74) is 8.50. The third-order valence-corrected chi connectivity index (χ3v) is 1.07. The van der Waals surface area contributed by atoms with Crippen molar-refractivity contribution in [1.29, 1.82) is 0 Å². The van der Waals surface area contributed by atoms with Crippen LogP contribution in [0.2, 0.25) is 0 Å². The van der Waals surface area contributed by atoms with Gasteiger partial charge in [-0.25, -0.2) is 4.79 Å². The first-order valence-corrected chi connectivity index (χ1v) is 3.91. The van der Waals surface area contributed by atoms with E-state index in [0.29, 0.717) is 0 Å². The molecular formula is C9H18N2O. The number of amides is 2. The minimum atomic E-state index is -0.833. The quantitative estimate of drug-likeness (QED) is 0.480. The predicted octanol–water partition coefficient (Wildman–Crippen LogP) is 1.94. The van der Waals surface area contributed by atoms with Crippen LogP contribution in [0.1, 0.15) is 25.7 Å². The molecule has 2 amide bonds. The van der Waals surface area contributed by atoms with Crippen molar-refractivity contribution >= 4 is 6.03 Å². The summed E-state index contributed by atoms with van der Waals surface area (Å²) >= 11 is 0. The van der Waals surface area contributed by atoms with E-state index >= 15 is 0 Å². The molecule has 0 unspecified atom stereocenters. The van der Waals surface area contributed by atoms with Gasteiger partial charge in [0.1, 0.15) is 0 Å². The Morgan fingerprint density at radius 2 is 1.33 bits per heavy atom. The zero-order valence-corrected chi connectivity index (χ0v) is 7.46. The van der Waals surface area contributed by atoms with Crippen LogP contribution in [0.3, 0.4) is 0 Å². The molecule has 0 aliphatic rings. The van der Waals surface area contributed by atoms with Gasteiger partial charge in [0.05, 0.1) is 0 Å². The van der Waals surface area contributed by atoms with Crippen LogP contribution in [-0.2, 0) is 0 Å². The first kappa shape index (κ1) is 13.3. The Balaban J connectivity index is 0. The third kappa shape index (κ3) is 37.4. The summed E-state index contributed by atoms with van der Waals surface area (Å²) in [7, 11) is 0. The average molecular weight is 170 g/mol. The summed E-state index contributed by atoms with van der Waals surface area (Å²) in [6.45, 7) is 7.26. The molecule has 0 spiro atoms. The number of rotatable bonds is 5. The van der Waals surface area contributed by atoms with Gasteiger partial charge in [0.15, 0.2) is 0 Å². The van der Waals surface area contributed by atoms with E-state index in [2.05, 4.69) is 24.6 Å². The molecule has 0 atom stereocenters. The fraction of sp³-hybridized carbons (Fsp3) is 0.444. The summed E-state index contributed by atoms with van der Waals surface area (Å²) in [6, 6.07) is -0.833. The molecule has 0 bridgehead atoms. The van der Waals surface area contributed by atoms with E-state index in [4.69, 9.17) is 4.79 Å². The van der Waals surface area contributed by atoms with E-state index in [1.165, 1.54) is 12.8 Å². The highest BCUT2D eigenvalue weighted by atomic mass is 16.2. The van der Waals surface area contributed by atoms with Crippen LogP contribution in [0, 0.1) is 0 Å². The Hall–Kier alpha value is -1.25. The molecule has 0 aliphatic heterocycles. The topological polar surface area (TPSA) is 69.1 Å². The number of nitrogens with two attached hydrogens (primary N) is 2. The maximum atomic E-state index is 9.00. The summed E-state index contributed by atoms with van der Waals surface area (Å²) in [6.07, 6.45) is 8.74. The number of unbranched alkanes of at least 4 members (excludes halogenated alkanes) is 3. The average Bonchev–Trinajstić information content (AvgIpc) is 1.97. The number of primary amides is 2. The normalized spacial score (nSPS) is 7.67. The summed E-state index contributed by atoms with van der Waals surface area (Å²) < 4.78 is 0. The molecule has 0 rings (SSSR count). The molecule has 3 nitrogen and oxygen atoms in total. The first-order chi connectivity index (χ1) is 5.65. The Morgan fingerprint density at radius 1 is 1.08 bits per heavy atom. The van der Waals surface area contributed by atoms with Crippen molar-refractivity contribution < 1.29 is 4.79 Å². The number of carbonyl (C=O) groups is 1. The van der Waals surface area contributed by atoms with Gasteiger partial charge in [-0.3, -0.25) is 0 Å². The Kier molecular flexibility index (Phi) is 13.8. The van der Waals surface area contributed by atoms with Crippen molar-refractivity contribution in [3.05, 3.63) is 25.3 Å². The van der Waals surface area contributed by atoms with E-state index in [0.717, 1.165) is 12.8 Å². The summed E-state index contributed by atoms with van der Waals surface area (Å²) in [4.78, 5) is 9.00. The summed E-state index contributed by atoms with van der Waals surface area (Å²) in [5.74, 6) is 0. The van der Waals surface area contributed by atoms with Crippen LogP contribution in [0.25, 0.3) is 0 Å². The fourth-order valence-corrected chi connectivity index (χ4v) is 0.577. The lowest BCUT2D eigenvalue weighted by Gasteiger charge is -1.89. The van der Waals surface area contributed by atoms with Crippen molar-refractivity contribution in [2.75, 3.05) is 0 Å². The second kappa shape index (κ2) is 12.4. The molecule has 0 saturated carbocycles. The minimum Gasteiger partial charge on any atom is -0.352 e. The Bertz CT molecular complexity index is 118. The Morgan fingerprint density at radius 3 is 1.50 bits per heavy atom.